The van der Waals surface area contributed by atoms with Crippen LogP contribution in [0.3, 0.4) is 0 Å². The van der Waals surface area contributed by atoms with Crippen LogP contribution in [-0.2, 0) is 12.0 Å². The molecule has 4 aromatic carbocycles. The zero-order chi connectivity index (χ0) is 32.3. The van der Waals surface area contributed by atoms with E-state index in [0.29, 0.717) is 12.3 Å². The first-order valence-corrected chi connectivity index (χ1v) is 17.1. The molecule has 2 unspecified atom stereocenters. The minimum atomic E-state index is -0.872. The summed E-state index contributed by atoms with van der Waals surface area (Å²) >= 11 is 7.03. The molecule has 0 spiro atoms. The van der Waals surface area contributed by atoms with Crippen LogP contribution in [0.2, 0.25) is 5.02 Å². The Kier molecular flexibility index (Phi) is 9.82. The average molecular weight is 635 g/mol. The maximum atomic E-state index is 12.7. The molecule has 1 fully saturated rings. The highest BCUT2D eigenvalue weighted by molar-refractivity contribution is 6.34. The Bertz CT molecular complexity index is 1710. The van der Waals surface area contributed by atoms with Crippen molar-refractivity contribution in [2.24, 2.45) is 5.92 Å². The molecule has 0 aliphatic heterocycles. The lowest BCUT2D eigenvalue weighted by Gasteiger charge is -2.20. The highest BCUT2D eigenvalue weighted by Crippen LogP contribution is 2.44. The Balaban J connectivity index is 1.38. The van der Waals surface area contributed by atoms with E-state index in [4.69, 9.17) is 16.3 Å². The van der Waals surface area contributed by atoms with Crippen LogP contribution in [0.4, 0.5) is 4.39 Å². The number of benzene rings is 4. The van der Waals surface area contributed by atoms with E-state index < -0.39 is 5.60 Å². The van der Waals surface area contributed by atoms with Gasteiger partial charge in [-0.3, -0.25) is 4.39 Å². The minimum Gasteiger partial charge on any atom is -0.490 e. The van der Waals surface area contributed by atoms with Crippen LogP contribution in [0.5, 0.6) is 5.75 Å². The Morgan fingerprint density at radius 2 is 1.65 bits per heavy atom. The summed E-state index contributed by atoms with van der Waals surface area (Å²) in [6.45, 7) is 7.39. The van der Waals surface area contributed by atoms with Crippen LogP contribution in [-0.4, -0.2) is 17.9 Å². The molecule has 6 rings (SSSR count). The van der Waals surface area contributed by atoms with Gasteiger partial charge in [-0.25, -0.2) is 0 Å². The van der Waals surface area contributed by atoms with Crippen molar-refractivity contribution in [1.29, 1.82) is 0 Å². The van der Waals surface area contributed by atoms with Crippen LogP contribution in [0.25, 0.3) is 28.3 Å². The first-order valence-electron chi connectivity index (χ1n) is 16.7. The molecule has 238 valence electrons. The van der Waals surface area contributed by atoms with Gasteiger partial charge in [-0.05, 0) is 139 Å². The predicted molar refractivity (Wildman–Crippen MR) is 191 cm³/mol. The van der Waals surface area contributed by atoms with E-state index in [1.807, 2.05) is 38.1 Å². The summed E-state index contributed by atoms with van der Waals surface area (Å²) in [4.78, 5) is 0. The molecule has 0 saturated heterocycles. The van der Waals surface area contributed by atoms with Gasteiger partial charge in [0.15, 0.2) is 0 Å². The molecule has 1 N–H and O–H groups in total. The fraction of sp³-hybridized carbons (Fsp3) is 0.333. The number of alkyl halides is 1. The number of allylic oxidation sites excluding steroid dienone is 1. The van der Waals surface area contributed by atoms with Crippen molar-refractivity contribution < 1.29 is 14.2 Å². The van der Waals surface area contributed by atoms with E-state index in [2.05, 4.69) is 73.3 Å². The number of hydrogen-bond donors (Lipinski definition) is 1. The topological polar surface area (TPSA) is 29.5 Å². The second-order valence-electron chi connectivity index (χ2n) is 13.4. The van der Waals surface area contributed by atoms with Crippen molar-refractivity contribution in [2.45, 2.75) is 76.9 Å². The quantitative estimate of drug-likeness (QED) is 0.188. The third-order valence-corrected chi connectivity index (χ3v) is 10.2. The lowest BCUT2D eigenvalue weighted by molar-refractivity contribution is 0.0786. The van der Waals surface area contributed by atoms with E-state index in [1.54, 1.807) is 0 Å². The molecule has 0 aromatic heterocycles. The first-order chi connectivity index (χ1) is 22.2. The van der Waals surface area contributed by atoms with E-state index in [-0.39, 0.29) is 12.8 Å². The van der Waals surface area contributed by atoms with Gasteiger partial charge in [0, 0.05) is 0 Å². The standard InChI is InChI=1S/C42H44ClFO2/c1-4-29-9-5-12-39(41(29)43)38-11-6-10-33-27-32(30-14-19-34(20-15-30)42(2,3)45)18-24-37(33)40(38)31-16-22-35(23-17-31)46-36-21-13-28(26-36)8-7-25-44/h4-5,9,12,14-20,22-24,27-28,36,45H,1,6-8,10-11,13,21,25-26H2,2-3H3. The summed E-state index contributed by atoms with van der Waals surface area (Å²) in [5.41, 5.74) is 10.4. The fourth-order valence-corrected chi connectivity index (χ4v) is 7.55. The molecule has 0 heterocycles. The number of aliphatic hydroxyl groups is 1. The van der Waals surface area contributed by atoms with E-state index >= 15 is 0 Å². The van der Waals surface area contributed by atoms with E-state index in [1.165, 1.54) is 27.8 Å². The minimum absolute atomic E-state index is 0.195. The lowest BCUT2D eigenvalue weighted by atomic mass is 9.86. The first kappa shape index (κ1) is 32.3. The maximum Gasteiger partial charge on any atom is 0.119 e. The smallest absolute Gasteiger partial charge is 0.119 e. The number of halogens is 2. The highest BCUT2D eigenvalue weighted by atomic mass is 35.5. The van der Waals surface area contributed by atoms with Crippen LogP contribution >= 0.6 is 11.6 Å². The number of ether oxygens (including phenoxy) is 1. The number of fused-ring (bicyclic) bond motifs is 1. The van der Waals surface area contributed by atoms with Crippen molar-refractivity contribution in [1.82, 2.24) is 0 Å². The molecule has 4 heteroatoms. The molecule has 2 aliphatic rings. The molecule has 2 aliphatic carbocycles. The van der Waals surface area contributed by atoms with Gasteiger partial charge in [0.2, 0.25) is 0 Å². The molecular formula is C42H44ClFO2. The summed E-state index contributed by atoms with van der Waals surface area (Å²) in [7, 11) is 0. The molecule has 0 radical (unpaired) electrons. The Morgan fingerprint density at radius 3 is 2.37 bits per heavy atom. The van der Waals surface area contributed by atoms with Gasteiger partial charge in [-0.15, -0.1) is 0 Å². The summed E-state index contributed by atoms with van der Waals surface area (Å²) in [6.07, 6.45) is 9.65. The summed E-state index contributed by atoms with van der Waals surface area (Å²) in [5, 5.41) is 11.2. The molecule has 2 atom stereocenters. The molecule has 2 nitrogen and oxygen atoms in total. The van der Waals surface area contributed by atoms with Crippen molar-refractivity contribution in [3.05, 3.63) is 130 Å². The van der Waals surface area contributed by atoms with Gasteiger partial charge in [0.05, 0.1) is 23.4 Å². The van der Waals surface area contributed by atoms with Gasteiger partial charge in [-0.2, -0.15) is 0 Å². The number of aryl methyl sites for hydroxylation is 1. The monoisotopic (exact) mass is 634 g/mol. The third-order valence-electron chi connectivity index (χ3n) is 9.73. The zero-order valence-electron chi connectivity index (χ0n) is 27.0. The lowest BCUT2D eigenvalue weighted by Crippen LogP contribution is -2.14. The predicted octanol–water partition coefficient (Wildman–Crippen LogP) is 11.5. The van der Waals surface area contributed by atoms with Crippen LogP contribution < -0.4 is 4.74 Å². The highest BCUT2D eigenvalue weighted by Gasteiger charge is 2.27. The molecule has 1 saturated carbocycles. The fourth-order valence-electron chi connectivity index (χ4n) is 7.23. The second kappa shape index (κ2) is 14.0. The SMILES string of the molecule is C=Cc1cccc(C2=C(c3ccc(OC4CCC(CCCF)C4)cc3)c3ccc(-c4ccc(C(C)(C)O)cc4)cc3CCC2)c1Cl. The van der Waals surface area contributed by atoms with E-state index in [0.717, 1.165) is 83.5 Å². The molecule has 0 bridgehead atoms. The Morgan fingerprint density at radius 1 is 0.913 bits per heavy atom. The average Bonchev–Trinajstić information content (AvgIpc) is 3.42. The van der Waals surface area contributed by atoms with Gasteiger partial charge in [-0.1, -0.05) is 97.1 Å². The van der Waals surface area contributed by atoms with Crippen LogP contribution in [0, 0.1) is 5.92 Å². The number of hydrogen-bond acceptors (Lipinski definition) is 2. The van der Waals surface area contributed by atoms with E-state index in [9.17, 15) is 9.50 Å². The van der Waals surface area contributed by atoms with Gasteiger partial charge in [0.25, 0.3) is 0 Å². The summed E-state index contributed by atoms with van der Waals surface area (Å²) in [6, 6.07) is 29.8. The molecule has 0 amide bonds. The molecular weight excluding hydrogens is 591 g/mol. The van der Waals surface area contributed by atoms with Crippen molar-refractivity contribution >= 4 is 28.8 Å². The maximum absolute atomic E-state index is 12.7. The Labute approximate surface area is 278 Å². The normalized spacial score (nSPS) is 18.3. The summed E-state index contributed by atoms with van der Waals surface area (Å²) < 4.78 is 19.1. The van der Waals surface area contributed by atoms with Gasteiger partial charge >= 0.3 is 0 Å². The number of rotatable bonds is 10. The largest absolute Gasteiger partial charge is 0.490 e. The Hall–Kier alpha value is -3.66. The second-order valence-corrected chi connectivity index (χ2v) is 13.8. The third kappa shape index (κ3) is 7.01. The molecule has 4 aromatic rings. The summed E-state index contributed by atoms with van der Waals surface area (Å²) in [5.74, 6) is 1.45. The molecule has 46 heavy (non-hydrogen) atoms. The van der Waals surface area contributed by atoms with Crippen molar-refractivity contribution in [3.8, 4) is 16.9 Å². The van der Waals surface area contributed by atoms with Crippen LogP contribution in [0.1, 0.15) is 92.2 Å². The zero-order valence-corrected chi connectivity index (χ0v) is 27.8. The van der Waals surface area contributed by atoms with Crippen LogP contribution in [0.15, 0.2) is 91.5 Å². The van der Waals surface area contributed by atoms with Crippen molar-refractivity contribution in [2.75, 3.05) is 6.67 Å². The van der Waals surface area contributed by atoms with Gasteiger partial charge in [0.1, 0.15) is 5.75 Å². The van der Waals surface area contributed by atoms with Crippen molar-refractivity contribution in [3.63, 3.8) is 0 Å². The van der Waals surface area contributed by atoms with Gasteiger partial charge < -0.3 is 9.84 Å².